The Bertz CT molecular complexity index is 518. The van der Waals surface area contributed by atoms with Gasteiger partial charge < -0.3 is 14.8 Å². The van der Waals surface area contributed by atoms with Gasteiger partial charge in [0, 0.05) is 13.1 Å². The van der Waals surface area contributed by atoms with Crippen LogP contribution in [0.5, 0.6) is 11.5 Å². The fourth-order valence-corrected chi connectivity index (χ4v) is 2.93. The van der Waals surface area contributed by atoms with Gasteiger partial charge in [0.15, 0.2) is 11.5 Å². The fraction of sp³-hybridized carbons (Fsp3) is 0.562. The SMILES string of the molecule is CN(Cc1ccc2c(c1)OCCO2)[C@H]1CCCCNC1=O. The number of amides is 1. The molecule has 0 unspecified atom stereocenters. The number of ether oxygens (including phenoxy) is 2. The number of rotatable bonds is 3. The van der Waals surface area contributed by atoms with E-state index in [2.05, 4.69) is 10.2 Å². The van der Waals surface area contributed by atoms with Gasteiger partial charge in [-0.05, 0) is 44.0 Å². The number of likely N-dealkylation sites (N-methyl/N-ethyl adjacent to an activating group) is 1. The highest BCUT2D eigenvalue weighted by molar-refractivity contribution is 5.81. The Kier molecular flexibility index (Phi) is 4.29. The van der Waals surface area contributed by atoms with Gasteiger partial charge in [-0.15, -0.1) is 0 Å². The molecule has 1 aromatic rings. The number of hydrogen-bond donors (Lipinski definition) is 1. The van der Waals surface area contributed by atoms with Crippen molar-refractivity contribution in [2.75, 3.05) is 26.8 Å². The number of nitrogens with zero attached hydrogens (tertiary/aromatic N) is 1. The lowest BCUT2D eigenvalue weighted by atomic mass is 10.1. The maximum Gasteiger partial charge on any atom is 0.237 e. The van der Waals surface area contributed by atoms with Gasteiger partial charge in [-0.3, -0.25) is 9.69 Å². The van der Waals surface area contributed by atoms with Crippen molar-refractivity contribution in [1.29, 1.82) is 0 Å². The van der Waals surface area contributed by atoms with Crippen molar-refractivity contribution >= 4 is 5.91 Å². The molecular formula is C16H22N2O3. The van der Waals surface area contributed by atoms with E-state index in [-0.39, 0.29) is 11.9 Å². The van der Waals surface area contributed by atoms with Crippen LogP contribution in [0.15, 0.2) is 18.2 Å². The van der Waals surface area contributed by atoms with Crippen LogP contribution in [0.3, 0.4) is 0 Å². The third-order valence-electron chi connectivity index (χ3n) is 4.08. The normalized spacial score (nSPS) is 21.8. The molecule has 5 heteroatoms. The predicted octanol–water partition coefficient (Wildman–Crippen LogP) is 1.56. The van der Waals surface area contributed by atoms with Crippen LogP contribution in [0.25, 0.3) is 0 Å². The van der Waals surface area contributed by atoms with Crippen LogP contribution in [-0.4, -0.2) is 43.7 Å². The summed E-state index contributed by atoms with van der Waals surface area (Å²) < 4.78 is 11.1. The van der Waals surface area contributed by atoms with E-state index in [0.29, 0.717) is 13.2 Å². The van der Waals surface area contributed by atoms with Crippen LogP contribution >= 0.6 is 0 Å². The molecule has 5 nitrogen and oxygen atoms in total. The summed E-state index contributed by atoms with van der Waals surface area (Å²) in [5.74, 6) is 1.75. The summed E-state index contributed by atoms with van der Waals surface area (Å²) in [6.07, 6.45) is 3.09. The molecule has 1 saturated heterocycles. The molecule has 2 heterocycles. The molecule has 0 saturated carbocycles. The molecule has 0 radical (unpaired) electrons. The van der Waals surface area contributed by atoms with Gasteiger partial charge in [0.2, 0.25) is 5.91 Å². The first-order valence-corrected chi connectivity index (χ1v) is 7.60. The first-order chi connectivity index (χ1) is 10.2. The van der Waals surface area contributed by atoms with Gasteiger partial charge in [0.05, 0.1) is 6.04 Å². The van der Waals surface area contributed by atoms with Gasteiger partial charge in [-0.25, -0.2) is 0 Å². The molecule has 1 N–H and O–H groups in total. The Morgan fingerprint density at radius 1 is 1.24 bits per heavy atom. The molecule has 2 aliphatic rings. The lowest BCUT2D eigenvalue weighted by molar-refractivity contribution is -0.125. The number of carbonyl (C=O) groups excluding carboxylic acids is 1. The molecule has 1 amide bonds. The van der Waals surface area contributed by atoms with Crippen LogP contribution < -0.4 is 14.8 Å². The Morgan fingerprint density at radius 3 is 2.90 bits per heavy atom. The third kappa shape index (κ3) is 3.29. The summed E-state index contributed by atoms with van der Waals surface area (Å²) in [6, 6.07) is 5.96. The van der Waals surface area contributed by atoms with E-state index in [4.69, 9.17) is 9.47 Å². The highest BCUT2D eigenvalue weighted by atomic mass is 16.6. The third-order valence-corrected chi connectivity index (χ3v) is 4.08. The zero-order valence-corrected chi connectivity index (χ0v) is 12.4. The summed E-state index contributed by atoms with van der Waals surface area (Å²) in [7, 11) is 2.01. The van der Waals surface area contributed by atoms with Crippen LogP contribution in [0.4, 0.5) is 0 Å². The lowest BCUT2D eigenvalue weighted by Gasteiger charge is -2.26. The van der Waals surface area contributed by atoms with Crippen LogP contribution in [0.2, 0.25) is 0 Å². The smallest absolute Gasteiger partial charge is 0.237 e. The van der Waals surface area contributed by atoms with E-state index >= 15 is 0 Å². The summed E-state index contributed by atoms with van der Waals surface area (Å²) in [5.41, 5.74) is 1.14. The Labute approximate surface area is 125 Å². The molecule has 114 valence electrons. The standard InChI is InChI=1S/C16H22N2O3/c1-18(13-4-2-3-7-17-16(13)19)11-12-5-6-14-15(10-12)21-9-8-20-14/h5-6,10,13H,2-4,7-9,11H2,1H3,(H,17,19)/t13-/m0/s1. The van der Waals surface area contributed by atoms with E-state index in [1.54, 1.807) is 0 Å². The molecular weight excluding hydrogens is 268 g/mol. The molecule has 0 spiro atoms. The summed E-state index contributed by atoms with van der Waals surface area (Å²) in [4.78, 5) is 14.2. The largest absolute Gasteiger partial charge is 0.486 e. The second-order valence-corrected chi connectivity index (χ2v) is 5.70. The van der Waals surface area contributed by atoms with Crippen LogP contribution in [0.1, 0.15) is 24.8 Å². The maximum atomic E-state index is 12.1. The van der Waals surface area contributed by atoms with Crippen molar-refractivity contribution in [3.63, 3.8) is 0 Å². The number of benzene rings is 1. The second kappa shape index (κ2) is 6.35. The minimum absolute atomic E-state index is 0.0410. The highest BCUT2D eigenvalue weighted by Gasteiger charge is 2.25. The first kappa shape index (κ1) is 14.2. The summed E-state index contributed by atoms with van der Waals surface area (Å²) >= 11 is 0. The molecule has 0 bridgehead atoms. The van der Waals surface area contributed by atoms with Crippen molar-refractivity contribution in [3.8, 4) is 11.5 Å². The van der Waals surface area contributed by atoms with Crippen molar-refractivity contribution in [1.82, 2.24) is 10.2 Å². The van der Waals surface area contributed by atoms with Gasteiger partial charge in [-0.2, -0.15) is 0 Å². The molecule has 2 aliphatic heterocycles. The van der Waals surface area contributed by atoms with Crippen molar-refractivity contribution in [2.24, 2.45) is 0 Å². The number of carbonyl (C=O) groups is 1. The molecule has 21 heavy (non-hydrogen) atoms. The summed E-state index contributed by atoms with van der Waals surface area (Å²) in [6.45, 7) is 2.73. The lowest BCUT2D eigenvalue weighted by Crippen LogP contribution is -2.43. The maximum absolute atomic E-state index is 12.1. The van der Waals surface area contributed by atoms with Crippen LogP contribution in [-0.2, 0) is 11.3 Å². The zero-order chi connectivity index (χ0) is 14.7. The first-order valence-electron chi connectivity index (χ1n) is 7.60. The molecule has 0 aromatic heterocycles. The minimum Gasteiger partial charge on any atom is -0.486 e. The van der Waals surface area contributed by atoms with Gasteiger partial charge in [0.25, 0.3) is 0 Å². The Morgan fingerprint density at radius 2 is 2.05 bits per heavy atom. The molecule has 3 rings (SSSR count). The van der Waals surface area contributed by atoms with E-state index in [1.807, 2.05) is 25.2 Å². The number of hydrogen-bond acceptors (Lipinski definition) is 4. The van der Waals surface area contributed by atoms with Gasteiger partial charge >= 0.3 is 0 Å². The van der Waals surface area contributed by atoms with Gasteiger partial charge in [-0.1, -0.05) is 6.07 Å². The topological polar surface area (TPSA) is 50.8 Å². The van der Waals surface area contributed by atoms with E-state index in [1.165, 1.54) is 0 Å². The molecule has 1 fully saturated rings. The molecule has 1 atom stereocenters. The highest BCUT2D eigenvalue weighted by Crippen LogP contribution is 2.31. The van der Waals surface area contributed by atoms with Crippen molar-refractivity contribution in [3.05, 3.63) is 23.8 Å². The Balaban J connectivity index is 1.69. The number of fused-ring (bicyclic) bond motifs is 1. The van der Waals surface area contributed by atoms with E-state index in [9.17, 15) is 4.79 Å². The summed E-state index contributed by atoms with van der Waals surface area (Å²) in [5, 5.41) is 2.99. The molecule has 0 aliphatic carbocycles. The predicted molar refractivity (Wildman–Crippen MR) is 79.5 cm³/mol. The van der Waals surface area contributed by atoms with E-state index in [0.717, 1.165) is 49.4 Å². The van der Waals surface area contributed by atoms with Gasteiger partial charge in [0.1, 0.15) is 13.2 Å². The monoisotopic (exact) mass is 290 g/mol. The molecule has 1 aromatic carbocycles. The van der Waals surface area contributed by atoms with E-state index < -0.39 is 0 Å². The zero-order valence-electron chi connectivity index (χ0n) is 12.4. The van der Waals surface area contributed by atoms with Crippen LogP contribution in [0, 0.1) is 0 Å². The minimum atomic E-state index is -0.0410. The van der Waals surface area contributed by atoms with Crippen molar-refractivity contribution in [2.45, 2.75) is 31.8 Å². The number of nitrogens with one attached hydrogen (secondary N) is 1. The average molecular weight is 290 g/mol. The van der Waals surface area contributed by atoms with Crippen molar-refractivity contribution < 1.29 is 14.3 Å². The second-order valence-electron chi connectivity index (χ2n) is 5.70. The quantitative estimate of drug-likeness (QED) is 0.918. The fourth-order valence-electron chi connectivity index (χ4n) is 2.93. The Hall–Kier alpha value is -1.75. The average Bonchev–Trinajstić information content (AvgIpc) is 2.71.